The summed E-state index contributed by atoms with van der Waals surface area (Å²) in [7, 11) is 0. The molecule has 1 aromatic rings. The minimum Gasteiger partial charge on any atom is -0.459 e. The number of nitrogens with one attached hydrogen (secondary N) is 6. The lowest BCUT2D eigenvalue weighted by atomic mass is 9.87. The number of hydrazine groups is 1. The molecule has 4 saturated heterocycles. The van der Waals surface area contributed by atoms with Crippen LogP contribution in [0.3, 0.4) is 0 Å². The summed E-state index contributed by atoms with van der Waals surface area (Å²) in [6, 6.07) is 4.55. The Balaban J connectivity index is 0.00000493. The zero-order valence-electron chi connectivity index (χ0n) is 49.8. The van der Waals surface area contributed by atoms with E-state index in [9.17, 15) is 48.3 Å². The van der Waals surface area contributed by atoms with Crippen LogP contribution in [0, 0.1) is 5.92 Å². The molecule has 4 heterocycles. The van der Waals surface area contributed by atoms with Crippen LogP contribution in [0.4, 0.5) is 15.3 Å². The molecule has 0 radical (unpaired) electrons. The van der Waals surface area contributed by atoms with Crippen molar-refractivity contribution in [1.82, 2.24) is 36.6 Å². The Morgan fingerprint density at radius 3 is 2.25 bits per heavy atom. The fraction of sp³-hybridized carbons (Fsp3) is 0.644. The molecule has 0 bridgehead atoms. The van der Waals surface area contributed by atoms with Gasteiger partial charge < -0.3 is 66.4 Å². The van der Waals surface area contributed by atoms with Gasteiger partial charge in [-0.3, -0.25) is 33.6 Å². The summed E-state index contributed by atoms with van der Waals surface area (Å²) in [5.41, 5.74) is 6.21. The number of urea groups is 1. The van der Waals surface area contributed by atoms with Crippen molar-refractivity contribution in [2.75, 3.05) is 50.0 Å². The van der Waals surface area contributed by atoms with Gasteiger partial charge in [0.2, 0.25) is 35.4 Å². The summed E-state index contributed by atoms with van der Waals surface area (Å²) in [4.78, 5) is 113. The number of aliphatic hydroxyl groups excluding tert-OH is 1. The van der Waals surface area contributed by atoms with E-state index in [1.54, 1.807) is 37.3 Å². The van der Waals surface area contributed by atoms with Gasteiger partial charge in [-0.1, -0.05) is 85.5 Å². The third-order valence-electron chi connectivity index (χ3n) is 14.3. The molecule has 9 N–H and O–H groups in total. The molecule has 0 saturated carbocycles. The summed E-state index contributed by atoms with van der Waals surface area (Å²) >= 11 is 3.08. The molecule has 468 valence electrons. The standard InChI is InChI=1S/C56H82BrN9O15.C3H8/c1-35(14-21-45-36(2)28-44(38(4)80-45)64-48(69)23-16-37(3)79-39(5)67)15-22-46-52(73)56(34-78-56)30-42(81-46)29-51(72)65-26-9-10-27-66(65)55(76)77-33-40-17-19-41(20-18-40)62-53(74)43(12-11-25-60-54(58)75)63-50(71)32-61-47(68)13-7-6-8-24-59-49(70)31-57;1-3-2/h14-20,22-23,36-38,42-46,52,73H,6-13,21,24-34H2,1-5H3,(H,59,70)(H,61,68)(H,62,74)(H,63,71)(H,64,69)(H3,58,60,75);3H2,1-2H3/b22-15+,23-16-,35-14+;/t36?,37?,38?,42-,43?,44?,45?,46?,52-,56?;/m1./s1. The second kappa shape index (κ2) is 36.4. The van der Waals surface area contributed by atoms with Crippen LogP contribution < -0.4 is 37.6 Å². The molecule has 5 rings (SSSR count). The van der Waals surface area contributed by atoms with Crippen molar-refractivity contribution in [3.05, 3.63) is 65.8 Å². The summed E-state index contributed by atoms with van der Waals surface area (Å²) in [5, 5.41) is 30.4. The van der Waals surface area contributed by atoms with Gasteiger partial charge in [-0.2, -0.15) is 0 Å². The molecule has 0 aromatic heterocycles. The number of aliphatic hydroxyl groups is 1. The van der Waals surface area contributed by atoms with Gasteiger partial charge in [-0.05, 0) is 102 Å². The number of allylic oxidation sites excluding steroid dienone is 2. The molecule has 9 amide bonds. The minimum absolute atomic E-state index is 0.0670. The number of amides is 9. The highest BCUT2D eigenvalue weighted by atomic mass is 79.9. The van der Waals surface area contributed by atoms with Crippen molar-refractivity contribution in [2.24, 2.45) is 11.7 Å². The van der Waals surface area contributed by atoms with Crippen molar-refractivity contribution in [3.8, 4) is 0 Å². The lowest BCUT2D eigenvalue weighted by molar-refractivity contribution is -0.163. The summed E-state index contributed by atoms with van der Waals surface area (Å²) in [6.45, 7) is 14.2. The Morgan fingerprint density at radius 1 is 0.893 bits per heavy atom. The molecule has 10 atom stereocenters. The first-order valence-corrected chi connectivity index (χ1v) is 30.4. The van der Waals surface area contributed by atoms with Crippen LogP contribution >= 0.6 is 15.9 Å². The van der Waals surface area contributed by atoms with Crippen LogP contribution in [-0.2, 0) is 63.9 Å². The number of nitrogens with two attached hydrogens (primary N) is 1. The Kier molecular flexibility index (Phi) is 30.4. The van der Waals surface area contributed by atoms with Gasteiger partial charge in [0.05, 0.1) is 49.3 Å². The monoisotopic (exact) mass is 1240 g/mol. The number of alkyl halides is 1. The molecular formula is C59H90BrN9O15. The van der Waals surface area contributed by atoms with Crippen LogP contribution in [0.25, 0.3) is 0 Å². The molecular weight excluding hydrogens is 1150 g/mol. The number of carbonyl (C=O) groups is 9. The van der Waals surface area contributed by atoms with E-state index in [0.717, 1.165) is 5.57 Å². The van der Waals surface area contributed by atoms with Gasteiger partial charge >= 0.3 is 18.1 Å². The summed E-state index contributed by atoms with van der Waals surface area (Å²) < 4.78 is 29.2. The number of halogens is 1. The van der Waals surface area contributed by atoms with Crippen LogP contribution in [0.15, 0.2) is 60.2 Å². The third-order valence-corrected chi connectivity index (χ3v) is 14.8. The quantitative estimate of drug-likeness (QED) is 0.0136. The van der Waals surface area contributed by atoms with Gasteiger partial charge in [-0.15, -0.1) is 0 Å². The number of ether oxygens (including phenoxy) is 5. The minimum atomic E-state index is -1.03. The van der Waals surface area contributed by atoms with E-state index in [1.807, 2.05) is 19.9 Å². The SMILES string of the molecule is CC(=O)OC(C)/C=C\C(=O)NC1CC(C)C(C/C=C(C)/C=C/C2O[C@H](CC(=O)N3CCCCN3C(=O)OCc3ccc(NC(=O)C(CCCNC(N)=O)NC(=O)CNC(=O)CCCCCNC(=O)CBr)cc3)CC3(CO3)[C@@H]2O)OC1C.CCC. The molecule has 4 fully saturated rings. The first-order chi connectivity index (χ1) is 40.1. The number of anilines is 1. The van der Waals surface area contributed by atoms with Crippen molar-refractivity contribution in [3.63, 3.8) is 0 Å². The molecule has 84 heavy (non-hydrogen) atoms. The zero-order chi connectivity index (χ0) is 61.8. The number of primary amides is 1. The fourth-order valence-corrected chi connectivity index (χ4v) is 9.89. The lowest BCUT2D eigenvalue weighted by Crippen LogP contribution is -2.55. The number of hydrogen-bond donors (Lipinski definition) is 8. The average molecular weight is 1250 g/mol. The topological polar surface area (TPSA) is 328 Å². The van der Waals surface area contributed by atoms with E-state index in [1.165, 1.54) is 35.5 Å². The van der Waals surface area contributed by atoms with Gasteiger partial charge in [0.25, 0.3) is 0 Å². The van der Waals surface area contributed by atoms with Crippen molar-refractivity contribution in [2.45, 2.75) is 193 Å². The molecule has 4 aliphatic rings. The number of unbranched alkanes of at least 4 members (excludes halogenated alkanes) is 2. The van der Waals surface area contributed by atoms with E-state index < -0.39 is 66.0 Å². The van der Waals surface area contributed by atoms with Crippen LogP contribution in [-0.4, -0.2) is 168 Å². The molecule has 1 spiro atoms. The fourth-order valence-electron chi connectivity index (χ4n) is 9.70. The largest absolute Gasteiger partial charge is 0.459 e. The summed E-state index contributed by atoms with van der Waals surface area (Å²) in [5.74, 6) is -2.52. The maximum absolute atomic E-state index is 14.0. The van der Waals surface area contributed by atoms with E-state index in [0.29, 0.717) is 88.7 Å². The number of epoxide rings is 1. The second-order valence-electron chi connectivity index (χ2n) is 21.8. The predicted octanol–water partition coefficient (Wildman–Crippen LogP) is 5.01. The first kappa shape index (κ1) is 70.1. The Labute approximate surface area is 501 Å². The highest BCUT2D eigenvalue weighted by Crippen LogP contribution is 2.43. The van der Waals surface area contributed by atoms with Gasteiger partial charge in [0.1, 0.15) is 36.6 Å². The highest BCUT2D eigenvalue weighted by Gasteiger charge is 2.58. The number of esters is 1. The van der Waals surface area contributed by atoms with E-state index in [-0.39, 0.29) is 98.6 Å². The number of carbonyl (C=O) groups excluding carboxylic acids is 9. The number of benzene rings is 1. The smallest absolute Gasteiger partial charge is 0.429 e. The number of rotatable bonds is 28. The van der Waals surface area contributed by atoms with Crippen molar-refractivity contribution < 1.29 is 71.9 Å². The maximum atomic E-state index is 14.0. The molecule has 4 aliphatic heterocycles. The van der Waals surface area contributed by atoms with Crippen LogP contribution in [0.1, 0.15) is 138 Å². The number of nitrogens with zero attached hydrogens (tertiary/aromatic N) is 2. The predicted molar refractivity (Wildman–Crippen MR) is 316 cm³/mol. The molecule has 24 nitrogen and oxygen atoms in total. The normalized spacial score (nSPS) is 23.7. The number of hydrogen-bond acceptors (Lipinski definition) is 15. The first-order valence-electron chi connectivity index (χ1n) is 29.3. The van der Waals surface area contributed by atoms with E-state index >= 15 is 0 Å². The van der Waals surface area contributed by atoms with Crippen LogP contribution in [0.2, 0.25) is 0 Å². The van der Waals surface area contributed by atoms with Crippen LogP contribution in [0.5, 0.6) is 0 Å². The van der Waals surface area contributed by atoms with Gasteiger partial charge in [0, 0.05) is 57.7 Å². The maximum Gasteiger partial charge on any atom is 0.429 e. The lowest BCUT2D eigenvalue weighted by Gasteiger charge is -2.40. The molecule has 1 aromatic carbocycles. The Morgan fingerprint density at radius 2 is 1.58 bits per heavy atom. The Hall–Kier alpha value is -6.41. The van der Waals surface area contributed by atoms with Gasteiger partial charge in [0.15, 0.2) is 0 Å². The van der Waals surface area contributed by atoms with Gasteiger partial charge in [-0.25, -0.2) is 19.6 Å². The molecule has 25 heteroatoms. The molecule has 0 aliphatic carbocycles. The van der Waals surface area contributed by atoms with E-state index in [4.69, 9.17) is 29.4 Å². The van der Waals surface area contributed by atoms with Crippen molar-refractivity contribution >= 4 is 75.2 Å². The second-order valence-corrected chi connectivity index (χ2v) is 22.3. The molecule has 8 unspecified atom stereocenters. The Bertz CT molecular complexity index is 2440. The average Bonchev–Trinajstić information content (AvgIpc) is 3.84. The summed E-state index contributed by atoms with van der Waals surface area (Å²) in [6.07, 6.45) is 11.4. The highest BCUT2D eigenvalue weighted by molar-refractivity contribution is 9.09. The zero-order valence-corrected chi connectivity index (χ0v) is 51.3. The van der Waals surface area contributed by atoms with E-state index in [2.05, 4.69) is 74.7 Å². The van der Waals surface area contributed by atoms with Crippen molar-refractivity contribution in [1.29, 1.82) is 0 Å². The third kappa shape index (κ3) is 25.0.